The number of nitrogens with zero attached hydrogens (tertiary/aromatic N) is 2. The molecule has 0 spiro atoms. The summed E-state index contributed by atoms with van der Waals surface area (Å²) in [5, 5.41) is 8.69. The predicted octanol–water partition coefficient (Wildman–Crippen LogP) is 2.73. The van der Waals surface area contributed by atoms with Crippen molar-refractivity contribution < 1.29 is 19.5 Å². The monoisotopic (exact) mass is 373 g/mol. The summed E-state index contributed by atoms with van der Waals surface area (Å²) < 4.78 is 11.6. The van der Waals surface area contributed by atoms with Crippen LogP contribution in [0.3, 0.4) is 0 Å². The van der Waals surface area contributed by atoms with E-state index in [1.54, 1.807) is 12.6 Å². The number of carbonyl (C=O) groups excluding carboxylic acids is 1. The van der Waals surface area contributed by atoms with E-state index in [1.165, 1.54) is 12.8 Å². The minimum atomic E-state index is -0.619. The van der Waals surface area contributed by atoms with Crippen LogP contribution in [0.2, 0.25) is 0 Å². The van der Waals surface area contributed by atoms with Gasteiger partial charge in [-0.15, -0.1) is 0 Å². The molecule has 0 bridgehead atoms. The van der Waals surface area contributed by atoms with Crippen molar-refractivity contribution in [3.05, 3.63) is 35.2 Å². The lowest BCUT2D eigenvalue weighted by atomic mass is 9.81. The number of carbonyl (C=O) groups is 1. The molecule has 7 heteroatoms. The first kappa shape index (κ1) is 19.5. The fourth-order valence-corrected chi connectivity index (χ4v) is 4.03. The highest BCUT2D eigenvalue weighted by Gasteiger charge is 2.43. The van der Waals surface area contributed by atoms with E-state index in [4.69, 9.17) is 21.3 Å². The molecule has 0 radical (unpaired) electrons. The Morgan fingerprint density at radius 1 is 1.33 bits per heavy atom. The third-order valence-corrected chi connectivity index (χ3v) is 5.69. The number of methoxy groups -OCH3 is 1. The molecule has 1 heterocycles. The number of likely N-dealkylation sites (tertiary alicyclic amines) is 1. The van der Waals surface area contributed by atoms with Crippen LogP contribution in [0, 0.1) is 6.57 Å². The van der Waals surface area contributed by atoms with Crippen LogP contribution in [0.15, 0.2) is 18.2 Å². The van der Waals surface area contributed by atoms with Crippen molar-refractivity contribution in [3.63, 3.8) is 0 Å². The molecule has 2 aliphatic rings. The van der Waals surface area contributed by atoms with Gasteiger partial charge in [-0.2, -0.15) is 0 Å². The van der Waals surface area contributed by atoms with Gasteiger partial charge >= 0.3 is 0 Å². The van der Waals surface area contributed by atoms with Crippen molar-refractivity contribution in [2.75, 3.05) is 26.7 Å². The Bertz CT molecular complexity index is 702. The first-order valence-electron chi connectivity index (χ1n) is 9.49. The number of hydrogen-bond donors (Lipinski definition) is 2. The van der Waals surface area contributed by atoms with Gasteiger partial charge in [-0.1, -0.05) is 0 Å². The van der Waals surface area contributed by atoms with Crippen molar-refractivity contribution in [1.29, 1.82) is 0 Å². The van der Waals surface area contributed by atoms with E-state index >= 15 is 0 Å². The summed E-state index contributed by atoms with van der Waals surface area (Å²) in [5.41, 5.74) is 1.98. The van der Waals surface area contributed by atoms with E-state index in [1.807, 2.05) is 23.1 Å². The zero-order chi connectivity index (χ0) is 19.3. The van der Waals surface area contributed by atoms with Gasteiger partial charge in [-0.05, 0) is 43.9 Å². The fourth-order valence-electron chi connectivity index (χ4n) is 4.03. The van der Waals surface area contributed by atoms with Gasteiger partial charge in [-0.25, -0.2) is 12.1 Å². The smallest absolute Gasteiger partial charge is 0.260 e. The summed E-state index contributed by atoms with van der Waals surface area (Å²) in [5.74, 6) is 0.983. The lowest BCUT2D eigenvalue weighted by Gasteiger charge is -2.33. The number of piperidine rings is 1. The molecule has 0 unspecified atom stereocenters. The first-order chi connectivity index (χ1) is 13.1. The van der Waals surface area contributed by atoms with Gasteiger partial charge in [0.1, 0.15) is 0 Å². The molecular formula is C20H27N3O4. The second-order valence-electron chi connectivity index (χ2n) is 7.34. The number of ether oxygens (including phenoxy) is 2. The zero-order valence-electron chi connectivity index (χ0n) is 15.7. The lowest BCUT2D eigenvalue weighted by Crippen LogP contribution is -2.44. The highest BCUT2D eigenvalue weighted by molar-refractivity contribution is 5.76. The molecule has 1 saturated heterocycles. The van der Waals surface area contributed by atoms with E-state index in [2.05, 4.69) is 4.85 Å². The standard InChI is InChI=1S/C20H27N3O4/c1-21-20(9-11-23(12-10-20)14-19(24)22-25)15-7-8-17(26-2)18(13-15)27-16-5-3-4-6-16/h7-8,13,16,25H,3-6,9-12,14H2,2H3,(H,22,24). The Morgan fingerprint density at radius 3 is 2.63 bits per heavy atom. The molecule has 1 saturated carbocycles. The maximum absolute atomic E-state index is 11.4. The summed E-state index contributed by atoms with van der Waals surface area (Å²) in [6.07, 6.45) is 5.98. The summed E-state index contributed by atoms with van der Waals surface area (Å²) in [7, 11) is 1.63. The van der Waals surface area contributed by atoms with Crippen LogP contribution >= 0.6 is 0 Å². The SMILES string of the molecule is [C-]#[N+]C1(c2ccc(OC)c(OC3CCCC3)c2)CCN(CC(=O)NO)CC1. The molecule has 27 heavy (non-hydrogen) atoms. The highest BCUT2D eigenvalue weighted by atomic mass is 16.5. The molecule has 1 aliphatic heterocycles. The minimum Gasteiger partial charge on any atom is -0.493 e. The summed E-state index contributed by atoms with van der Waals surface area (Å²) in [6.45, 7) is 9.23. The maximum Gasteiger partial charge on any atom is 0.260 e. The van der Waals surface area contributed by atoms with Gasteiger partial charge in [0.15, 0.2) is 11.5 Å². The predicted molar refractivity (Wildman–Crippen MR) is 99.8 cm³/mol. The second-order valence-corrected chi connectivity index (χ2v) is 7.34. The van der Waals surface area contributed by atoms with Crippen molar-refractivity contribution in [2.24, 2.45) is 0 Å². The van der Waals surface area contributed by atoms with E-state index in [0.29, 0.717) is 37.4 Å². The van der Waals surface area contributed by atoms with Crippen LogP contribution < -0.4 is 15.0 Å². The van der Waals surface area contributed by atoms with Crippen molar-refractivity contribution in [2.45, 2.75) is 50.2 Å². The normalized spacial score (nSPS) is 20.0. The third-order valence-electron chi connectivity index (χ3n) is 5.69. The van der Waals surface area contributed by atoms with Gasteiger partial charge in [0.05, 0.1) is 19.8 Å². The topological polar surface area (TPSA) is 75.4 Å². The first-order valence-corrected chi connectivity index (χ1v) is 9.49. The Labute approximate surface area is 160 Å². The average molecular weight is 373 g/mol. The lowest BCUT2D eigenvalue weighted by molar-refractivity contribution is -0.130. The fraction of sp³-hybridized carbons (Fsp3) is 0.600. The summed E-state index contributed by atoms with van der Waals surface area (Å²) in [6, 6.07) is 5.80. The molecule has 2 N–H and O–H groups in total. The van der Waals surface area contributed by atoms with E-state index in [-0.39, 0.29) is 12.6 Å². The number of benzene rings is 1. The van der Waals surface area contributed by atoms with Crippen molar-refractivity contribution >= 4 is 5.91 Å². The maximum atomic E-state index is 11.4. The molecule has 1 aliphatic carbocycles. The van der Waals surface area contributed by atoms with E-state index in [9.17, 15) is 4.79 Å². The number of nitrogens with one attached hydrogen (secondary N) is 1. The average Bonchev–Trinajstić information content (AvgIpc) is 3.21. The molecule has 1 aromatic carbocycles. The van der Waals surface area contributed by atoms with Crippen LogP contribution in [0.25, 0.3) is 4.85 Å². The van der Waals surface area contributed by atoms with Crippen molar-refractivity contribution in [1.82, 2.24) is 10.4 Å². The third kappa shape index (κ3) is 4.34. The molecule has 146 valence electrons. The second kappa shape index (κ2) is 8.59. The largest absolute Gasteiger partial charge is 0.493 e. The molecule has 7 nitrogen and oxygen atoms in total. The quantitative estimate of drug-likeness (QED) is 0.456. The van der Waals surface area contributed by atoms with Crippen LogP contribution in [0.5, 0.6) is 11.5 Å². The Hall–Kier alpha value is -2.30. The van der Waals surface area contributed by atoms with Crippen LogP contribution in [-0.4, -0.2) is 48.9 Å². The molecule has 1 aromatic rings. The molecule has 0 atom stereocenters. The molecule has 3 rings (SSSR count). The van der Waals surface area contributed by atoms with Crippen LogP contribution in [0.1, 0.15) is 44.1 Å². The Kier molecular flexibility index (Phi) is 6.19. The van der Waals surface area contributed by atoms with Gasteiger partial charge in [0.2, 0.25) is 0 Å². The number of rotatable bonds is 6. The molecule has 0 aromatic heterocycles. The number of amides is 1. The summed E-state index contributed by atoms with van der Waals surface area (Å²) in [4.78, 5) is 17.3. The zero-order valence-corrected chi connectivity index (χ0v) is 15.7. The Morgan fingerprint density at radius 2 is 2.04 bits per heavy atom. The number of hydrogen-bond acceptors (Lipinski definition) is 5. The van der Waals surface area contributed by atoms with Gasteiger partial charge < -0.3 is 14.3 Å². The molecular weight excluding hydrogens is 346 g/mol. The van der Waals surface area contributed by atoms with Gasteiger partial charge in [0, 0.05) is 31.5 Å². The highest BCUT2D eigenvalue weighted by Crippen LogP contribution is 2.41. The summed E-state index contributed by atoms with van der Waals surface area (Å²) >= 11 is 0. The van der Waals surface area contributed by atoms with Gasteiger partial charge in [-0.3, -0.25) is 14.9 Å². The minimum absolute atomic E-state index is 0.142. The van der Waals surface area contributed by atoms with E-state index < -0.39 is 11.4 Å². The molecule has 1 amide bonds. The van der Waals surface area contributed by atoms with E-state index in [0.717, 1.165) is 18.4 Å². The van der Waals surface area contributed by atoms with Crippen molar-refractivity contribution in [3.8, 4) is 11.5 Å². The van der Waals surface area contributed by atoms with Crippen LogP contribution in [0.4, 0.5) is 0 Å². The van der Waals surface area contributed by atoms with Gasteiger partial charge in [0.25, 0.3) is 11.4 Å². The Balaban J connectivity index is 1.77. The molecule has 2 fully saturated rings. The van der Waals surface area contributed by atoms with Crippen LogP contribution in [-0.2, 0) is 10.3 Å². The number of hydroxylamine groups is 1.